The first-order chi connectivity index (χ1) is 7.70. The molecule has 1 N–H and O–H groups in total. The first-order valence-corrected chi connectivity index (χ1v) is 5.48. The Morgan fingerprint density at radius 2 is 1.62 bits per heavy atom. The molecule has 1 aliphatic heterocycles. The summed E-state index contributed by atoms with van der Waals surface area (Å²) in [5, 5.41) is 7.85. The summed E-state index contributed by atoms with van der Waals surface area (Å²) in [7, 11) is 0. The molecule has 16 heavy (non-hydrogen) atoms. The number of nitrogens with zero attached hydrogens (tertiary/aromatic N) is 1. The Kier molecular flexibility index (Phi) is 3.17. The van der Waals surface area contributed by atoms with Gasteiger partial charge in [-0.05, 0) is 31.4 Å². The van der Waals surface area contributed by atoms with E-state index < -0.39 is 11.6 Å². The van der Waals surface area contributed by atoms with Gasteiger partial charge in [-0.15, -0.1) is 0 Å². The van der Waals surface area contributed by atoms with Crippen LogP contribution in [0.15, 0.2) is 18.2 Å². The fraction of sp³-hybridized carbons (Fsp3) is 0.417. The summed E-state index contributed by atoms with van der Waals surface area (Å²) in [6.07, 6.45) is 3.10. The van der Waals surface area contributed by atoms with Crippen LogP contribution < -0.4 is 0 Å². The fourth-order valence-electron chi connectivity index (χ4n) is 2.00. The minimum absolute atomic E-state index is 0.0321. The van der Waals surface area contributed by atoms with Crippen LogP contribution in [0.3, 0.4) is 0 Å². The molecule has 0 amide bonds. The number of hydrogen-bond donors (Lipinski definition) is 1. The fourth-order valence-corrected chi connectivity index (χ4v) is 2.00. The first kappa shape index (κ1) is 11.0. The van der Waals surface area contributed by atoms with Gasteiger partial charge in [-0.1, -0.05) is 6.07 Å². The second-order valence-electron chi connectivity index (χ2n) is 3.99. The zero-order valence-electron chi connectivity index (χ0n) is 8.97. The van der Waals surface area contributed by atoms with Crippen LogP contribution in [0, 0.1) is 17.0 Å². The number of nitrogens with one attached hydrogen (secondary N) is 1. The van der Waals surface area contributed by atoms with Crippen molar-refractivity contribution < 1.29 is 8.78 Å². The Hall–Kier alpha value is -1.45. The summed E-state index contributed by atoms with van der Waals surface area (Å²) < 4.78 is 26.9. The Bertz CT molecular complexity index is 378. The van der Waals surface area contributed by atoms with Crippen LogP contribution in [0.1, 0.15) is 24.8 Å². The molecule has 0 aliphatic carbocycles. The molecule has 1 heterocycles. The van der Waals surface area contributed by atoms with Crippen molar-refractivity contribution in [3.63, 3.8) is 0 Å². The van der Waals surface area contributed by atoms with Crippen molar-refractivity contribution in [2.75, 3.05) is 13.1 Å². The zero-order chi connectivity index (χ0) is 11.5. The largest absolute Gasteiger partial charge is 0.356 e. The molecule has 0 spiro atoms. The van der Waals surface area contributed by atoms with Gasteiger partial charge >= 0.3 is 0 Å². The van der Waals surface area contributed by atoms with Gasteiger partial charge in [0.15, 0.2) is 0 Å². The monoisotopic (exact) mass is 224 g/mol. The van der Waals surface area contributed by atoms with Gasteiger partial charge in [-0.25, -0.2) is 8.78 Å². The molecule has 2 rings (SSSR count). The van der Waals surface area contributed by atoms with Crippen LogP contribution in [0.2, 0.25) is 0 Å². The molecule has 0 unspecified atom stereocenters. The number of halogens is 2. The first-order valence-electron chi connectivity index (χ1n) is 5.48. The van der Waals surface area contributed by atoms with Crippen LogP contribution in [-0.2, 0) is 0 Å². The molecule has 86 valence electrons. The molecule has 4 heteroatoms. The number of amidine groups is 1. The maximum Gasteiger partial charge on any atom is 0.137 e. The average Bonchev–Trinajstić information content (AvgIpc) is 2.30. The Morgan fingerprint density at radius 3 is 2.19 bits per heavy atom. The summed E-state index contributed by atoms with van der Waals surface area (Å²) in [6, 6.07) is 3.70. The molecule has 1 aliphatic rings. The van der Waals surface area contributed by atoms with Crippen LogP contribution >= 0.6 is 0 Å². The van der Waals surface area contributed by atoms with Gasteiger partial charge in [0.1, 0.15) is 17.5 Å². The molecule has 0 saturated carbocycles. The van der Waals surface area contributed by atoms with Gasteiger partial charge in [-0.2, -0.15) is 0 Å². The normalized spacial score (nSPS) is 16.2. The van der Waals surface area contributed by atoms with E-state index in [2.05, 4.69) is 0 Å². The Balaban J connectivity index is 2.26. The van der Waals surface area contributed by atoms with Crippen molar-refractivity contribution in [1.82, 2.24) is 4.90 Å². The van der Waals surface area contributed by atoms with Crippen molar-refractivity contribution in [1.29, 1.82) is 5.41 Å². The van der Waals surface area contributed by atoms with E-state index in [0.717, 1.165) is 19.3 Å². The maximum atomic E-state index is 13.4. The Labute approximate surface area is 93.4 Å². The third kappa shape index (κ3) is 2.05. The number of hydrogen-bond acceptors (Lipinski definition) is 1. The number of benzene rings is 1. The summed E-state index contributed by atoms with van der Waals surface area (Å²) in [4.78, 5) is 1.74. The molecule has 2 nitrogen and oxygen atoms in total. The highest BCUT2D eigenvalue weighted by Gasteiger charge is 2.20. The molecule has 1 fully saturated rings. The molecular formula is C12H14F2N2. The van der Waals surface area contributed by atoms with Gasteiger partial charge in [-0.3, -0.25) is 5.41 Å². The molecule has 1 saturated heterocycles. The highest BCUT2D eigenvalue weighted by molar-refractivity contribution is 5.96. The molecular weight excluding hydrogens is 210 g/mol. The van der Waals surface area contributed by atoms with Crippen molar-refractivity contribution in [3.05, 3.63) is 35.4 Å². The van der Waals surface area contributed by atoms with E-state index in [-0.39, 0.29) is 11.4 Å². The van der Waals surface area contributed by atoms with E-state index in [0.29, 0.717) is 13.1 Å². The molecule has 0 radical (unpaired) electrons. The van der Waals surface area contributed by atoms with E-state index in [1.165, 1.54) is 18.2 Å². The summed E-state index contributed by atoms with van der Waals surface area (Å²) in [6.45, 7) is 1.43. The second-order valence-corrected chi connectivity index (χ2v) is 3.99. The van der Waals surface area contributed by atoms with Crippen LogP contribution in [-0.4, -0.2) is 23.8 Å². The van der Waals surface area contributed by atoms with Crippen molar-refractivity contribution >= 4 is 5.84 Å². The number of rotatable bonds is 1. The van der Waals surface area contributed by atoms with Crippen molar-refractivity contribution in [2.45, 2.75) is 19.3 Å². The van der Waals surface area contributed by atoms with E-state index in [9.17, 15) is 8.78 Å². The summed E-state index contributed by atoms with van der Waals surface area (Å²) in [5.74, 6) is -1.35. The second kappa shape index (κ2) is 4.60. The third-order valence-electron chi connectivity index (χ3n) is 2.87. The lowest BCUT2D eigenvalue weighted by Crippen LogP contribution is -2.36. The maximum absolute atomic E-state index is 13.4. The molecule has 1 aromatic carbocycles. The van der Waals surface area contributed by atoms with Gasteiger partial charge in [0.05, 0.1) is 5.56 Å². The lowest BCUT2D eigenvalue weighted by atomic mass is 10.1. The minimum atomic E-state index is -0.657. The topological polar surface area (TPSA) is 27.1 Å². The lowest BCUT2D eigenvalue weighted by molar-refractivity contribution is 0.339. The van der Waals surface area contributed by atoms with E-state index >= 15 is 0 Å². The van der Waals surface area contributed by atoms with Crippen molar-refractivity contribution in [2.24, 2.45) is 0 Å². The highest BCUT2D eigenvalue weighted by Crippen LogP contribution is 2.17. The van der Waals surface area contributed by atoms with E-state index in [4.69, 9.17) is 5.41 Å². The van der Waals surface area contributed by atoms with E-state index in [1.54, 1.807) is 4.90 Å². The zero-order valence-corrected chi connectivity index (χ0v) is 8.97. The quantitative estimate of drug-likeness (QED) is 0.576. The summed E-state index contributed by atoms with van der Waals surface area (Å²) >= 11 is 0. The number of piperidine rings is 1. The molecule has 1 aromatic rings. The molecule has 0 bridgehead atoms. The predicted molar refractivity (Wildman–Crippen MR) is 58.6 cm³/mol. The smallest absolute Gasteiger partial charge is 0.137 e. The predicted octanol–water partition coefficient (Wildman–Crippen LogP) is 2.78. The lowest BCUT2D eigenvalue weighted by Gasteiger charge is -2.29. The third-order valence-corrected chi connectivity index (χ3v) is 2.87. The molecule has 0 aromatic heterocycles. The van der Waals surface area contributed by atoms with Crippen LogP contribution in [0.25, 0.3) is 0 Å². The van der Waals surface area contributed by atoms with Gasteiger partial charge in [0, 0.05) is 13.1 Å². The average molecular weight is 224 g/mol. The minimum Gasteiger partial charge on any atom is -0.356 e. The van der Waals surface area contributed by atoms with Crippen LogP contribution in [0.4, 0.5) is 8.78 Å². The van der Waals surface area contributed by atoms with Crippen molar-refractivity contribution in [3.8, 4) is 0 Å². The molecule has 0 atom stereocenters. The number of likely N-dealkylation sites (tertiary alicyclic amines) is 1. The summed E-state index contributed by atoms with van der Waals surface area (Å²) in [5.41, 5.74) is -0.204. The Morgan fingerprint density at radius 1 is 1.06 bits per heavy atom. The van der Waals surface area contributed by atoms with Gasteiger partial charge in [0.25, 0.3) is 0 Å². The van der Waals surface area contributed by atoms with E-state index in [1.807, 2.05) is 0 Å². The van der Waals surface area contributed by atoms with Gasteiger partial charge in [0.2, 0.25) is 0 Å². The standard InChI is InChI=1S/C12H14F2N2/c13-9-5-4-6-10(14)11(9)12(15)16-7-2-1-3-8-16/h4-6,15H,1-3,7-8H2. The van der Waals surface area contributed by atoms with Gasteiger partial charge < -0.3 is 4.90 Å². The highest BCUT2D eigenvalue weighted by atomic mass is 19.1. The SMILES string of the molecule is N=C(c1c(F)cccc1F)N1CCCCC1. The van der Waals surface area contributed by atoms with Crippen LogP contribution in [0.5, 0.6) is 0 Å².